The molecule has 1 aliphatic rings. The van der Waals surface area contributed by atoms with E-state index in [2.05, 4.69) is 26.2 Å². The standard InChI is InChI=1S/C15H16BrN3O2/c16-11-7-4-8-12(9-11)19-14(10-5-2-1-3-6-10)13(15(20)21)17-18-19/h4,7-10H,1-3,5-6H2,(H,20,21). The van der Waals surface area contributed by atoms with Gasteiger partial charge in [-0.25, -0.2) is 9.48 Å². The Hall–Kier alpha value is -1.69. The van der Waals surface area contributed by atoms with Gasteiger partial charge in [0.2, 0.25) is 0 Å². The molecule has 0 saturated heterocycles. The van der Waals surface area contributed by atoms with Gasteiger partial charge in [0, 0.05) is 10.4 Å². The van der Waals surface area contributed by atoms with Crippen LogP contribution in [0.2, 0.25) is 0 Å². The molecule has 0 unspecified atom stereocenters. The monoisotopic (exact) mass is 349 g/mol. The van der Waals surface area contributed by atoms with E-state index >= 15 is 0 Å². The van der Waals surface area contributed by atoms with Crippen LogP contribution in [0.3, 0.4) is 0 Å². The summed E-state index contributed by atoms with van der Waals surface area (Å²) in [6, 6.07) is 7.68. The molecular formula is C15H16BrN3O2. The van der Waals surface area contributed by atoms with Gasteiger partial charge in [0.15, 0.2) is 5.69 Å². The molecule has 1 fully saturated rings. The molecule has 0 aliphatic heterocycles. The first-order valence-electron chi connectivity index (χ1n) is 7.11. The number of hydrogen-bond donors (Lipinski definition) is 1. The second-order valence-electron chi connectivity index (χ2n) is 5.36. The maximum absolute atomic E-state index is 11.5. The molecular weight excluding hydrogens is 334 g/mol. The van der Waals surface area contributed by atoms with Crippen molar-refractivity contribution in [2.45, 2.75) is 38.0 Å². The van der Waals surface area contributed by atoms with Crippen LogP contribution in [0.1, 0.15) is 54.2 Å². The van der Waals surface area contributed by atoms with E-state index in [-0.39, 0.29) is 11.6 Å². The minimum Gasteiger partial charge on any atom is -0.476 e. The summed E-state index contributed by atoms with van der Waals surface area (Å²) in [7, 11) is 0. The second-order valence-corrected chi connectivity index (χ2v) is 6.27. The van der Waals surface area contributed by atoms with E-state index in [4.69, 9.17) is 0 Å². The molecule has 0 radical (unpaired) electrons. The fraction of sp³-hybridized carbons (Fsp3) is 0.400. The second kappa shape index (κ2) is 5.97. The van der Waals surface area contributed by atoms with Crippen LogP contribution in [0.4, 0.5) is 0 Å². The zero-order chi connectivity index (χ0) is 14.8. The topological polar surface area (TPSA) is 68.0 Å². The lowest BCUT2D eigenvalue weighted by molar-refractivity contribution is 0.0688. The van der Waals surface area contributed by atoms with Crippen LogP contribution in [0, 0.1) is 0 Å². The van der Waals surface area contributed by atoms with Gasteiger partial charge < -0.3 is 5.11 Å². The fourth-order valence-electron chi connectivity index (χ4n) is 2.98. The smallest absolute Gasteiger partial charge is 0.358 e. The van der Waals surface area contributed by atoms with Gasteiger partial charge in [-0.2, -0.15) is 0 Å². The Morgan fingerprint density at radius 3 is 2.71 bits per heavy atom. The zero-order valence-corrected chi connectivity index (χ0v) is 13.1. The number of carbonyl (C=O) groups is 1. The Kier molecular flexibility index (Phi) is 4.05. The molecule has 1 aromatic carbocycles. The molecule has 5 nitrogen and oxygen atoms in total. The lowest BCUT2D eigenvalue weighted by Gasteiger charge is -2.22. The van der Waals surface area contributed by atoms with Gasteiger partial charge in [-0.05, 0) is 31.0 Å². The average molecular weight is 350 g/mol. The van der Waals surface area contributed by atoms with Gasteiger partial charge in [0.1, 0.15) is 0 Å². The Balaban J connectivity index is 2.10. The number of aromatic carboxylic acids is 1. The van der Waals surface area contributed by atoms with E-state index in [0.29, 0.717) is 0 Å². The number of rotatable bonds is 3. The van der Waals surface area contributed by atoms with E-state index in [0.717, 1.165) is 41.5 Å². The highest BCUT2D eigenvalue weighted by molar-refractivity contribution is 9.10. The third-order valence-electron chi connectivity index (χ3n) is 3.95. The number of hydrogen-bond acceptors (Lipinski definition) is 3. The summed E-state index contributed by atoms with van der Waals surface area (Å²) in [5, 5.41) is 17.4. The molecule has 0 bridgehead atoms. The molecule has 2 aromatic rings. The maximum Gasteiger partial charge on any atom is 0.358 e. The third kappa shape index (κ3) is 2.85. The number of aromatic nitrogens is 3. The molecule has 0 spiro atoms. The van der Waals surface area contributed by atoms with Crippen LogP contribution in [0.5, 0.6) is 0 Å². The first kappa shape index (κ1) is 14.3. The Morgan fingerprint density at radius 1 is 1.29 bits per heavy atom. The maximum atomic E-state index is 11.5. The van der Waals surface area contributed by atoms with Gasteiger partial charge in [-0.3, -0.25) is 0 Å². The number of halogens is 1. The summed E-state index contributed by atoms with van der Waals surface area (Å²) in [4.78, 5) is 11.5. The summed E-state index contributed by atoms with van der Waals surface area (Å²) in [6.45, 7) is 0. The third-order valence-corrected chi connectivity index (χ3v) is 4.45. The Bertz CT molecular complexity index is 663. The van der Waals surface area contributed by atoms with Crippen molar-refractivity contribution in [3.63, 3.8) is 0 Å². The van der Waals surface area contributed by atoms with Crippen molar-refractivity contribution in [1.82, 2.24) is 15.0 Å². The molecule has 1 N–H and O–H groups in total. The first-order valence-corrected chi connectivity index (χ1v) is 7.91. The summed E-state index contributed by atoms with van der Waals surface area (Å²) in [5.41, 5.74) is 1.66. The Labute approximate surface area is 131 Å². The highest BCUT2D eigenvalue weighted by Crippen LogP contribution is 2.35. The molecule has 1 saturated carbocycles. The lowest BCUT2D eigenvalue weighted by atomic mass is 9.86. The molecule has 3 rings (SSSR count). The summed E-state index contributed by atoms with van der Waals surface area (Å²) in [6.07, 6.45) is 5.49. The van der Waals surface area contributed by atoms with Crippen molar-refractivity contribution >= 4 is 21.9 Å². The van der Waals surface area contributed by atoms with Crippen LogP contribution in [0.25, 0.3) is 5.69 Å². The summed E-state index contributed by atoms with van der Waals surface area (Å²) >= 11 is 3.44. The van der Waals surface area contributed by atoms with Crippen LogP contribution >= 0.6 is 15.9 Å². The molecule has 110 valence electrons. The average Bonchev–Trinajstić information content (AvgIpc) is 2.93. The van der Waals surface area contributed by atoms with E-state index in [9.17, 15) is 9.90 Å². The van der Waals surface area contributed by atoms with Gasteiger partial charge in [-0.15, -0.1) is 5.10 Å². The molecule has 1 aromatic heterocycles. The minimum absolute atomic E-state index is 0.0851. The molecule has 21 heavy (non-hydrogen) atoms. The van der Waals surface area contributed by atoms with Gasteiger partial charge in [0.25, 0.3) is 0 Å². The molecule has 0 amide bonds. The first-order chi connectivity index (χ1) is 10.2. The van der Waals surface area contributed by atoms with Gasteiger partial charge in [0.05, 0.1) is 11.4 Å². The zero-order valence-electron chi connectivity index (χ0n) is 11.5. The van der Waals surface area contributed by atoms with E-state index < -0.39 is 5.97 Å². The highest BCUT2D eigenvalue weighted by atomic mass is 79.9. The van der Waals surface area contributed by atoms with Crippen molar-refractivity contribution in [1.29, 1.82) is 0 Å². The normalized spacial score (nSPS) is 16.0. The summed E-state index contributed by atoms with van der Waals surface area (Å²) in [5.74, 6) is -0.782. The number of carboxylic acids is 1. The predicted octanol–water partition coefficient (Wildman–Crippen LogP) is 3.78. The Morgan fingerprint density at radius 2 is 2.05 bits per heavy atom. The van der Waals surface area contributed by atoms with E-state index in [1.54, 1.807) is 4.68 Å². The highest BCUT2D eigenvalue weighted by Gasteiger charge is 2.28. The number of carboxylic acid groups (broad SMARTS) is 1. The van der Waals surface area contributed by atoms with Crippen LogP contribution in [0.15, 0.2) is 28.7 Å². The number of benzene rings is 1. The largest absolute Gasteiger partial charge is 0.476 e. The van der Waals surface area contributed by atoms with Crippen LogP contribution in [-0.2, 0) is 0 Å². The van der Waals surface area contributed by atoms with Crippen molar-refractivity contribution in [2.75, 3.05) is 0 Å². The van der Waals surface area contributed by atoms with Crippen molar-refractivity contribution < 1.29 is 9.90 Å². The predicted molar refractivity (Wildman–Crippen MR) is 81.8 cm³/mol. The van der Waals surface area contributed by atoms with Crippen molar-refractivity contribution in [3.05, 3.63) is 40.1 Å². The molecule has 6 heteroatoms. The lowest BCUT2D eigenvalue weighted by Crippen LogP contribution is -2.14. The quantitative estimate of drug-likeness (QED) is 0.915. The van der Waals surface area contributed by atoms with Gasteiger partial charge in [-0.1, -0.05) is 46.5 Å². The van der Waals surface area contributed by atoms with E-state index in [1.807, 2.05) is 24.3 Å². The summed E-state index contributed by atoms with van der Waals surface area (Å²) < 4.78 is 2.62. The molecule has 1 heterocycles. The number of nitrogens with zero attached hydrogens (tertiary/aromatic N) is 3. The van der Waals surface area contributed by atoms with Crippen molar-refractivity contribution in [2.24, 2.45) is 0 Å². The molecule has 0 atom stereocenters. The minimum atomic E-state index is -1.00. The van der Waals surface area contributed by atoms with Gasteiger partial charge >= 0.3 is 5.97 Å². The fourth-order valence-corrected chi connectivity index (χ4v) is 3.37. The van der Waals surface area contributed by atoms with E-state index in [1.165, 1.54) is 6.42 Å². The SMILES string of the molecule is O=C(O)c1nnn(-c2cccc(Br)c2)c1C1CCCCC1. The van der Waals surface area contributed by atoms with Crippen LogP contribution in [-0.4, -0.2) is 26.1 Å². The van der Waals surface area contributed by atoms with Crippen LogP contribution < -0.4 is 0 Å². The van der Waals surface area contributed by atoms with Crippen molar-refractivity contribution in [3.8, 4) is 5.69 Å². The molecule has 1 aliphatic carbocycles.